The van der Waals surface area contributed by atoms with Gasteiger partial charge in [-0.2, -0.15) is 0 Å². The summed E-state index contributed by atoms with van der Waals surface area (Å²) < 4.78 is 5.14. The van der Waals surface area contributed by atoms with Gasteiger partial charge < -0.3 is 14.6 Å². The molecule has 2 heterocycles. The van der Waals surface area contributed by atoms with Gasteiger partial charge in [0, 0.05) is 6.20 Å². The minimum Gasteiger partial charge on any atom is -0.543 e. The number of nitrogens with zero attached hydrogens (tertiary/aromatic N) is 2. The molecule has 78 valence electrons. The quantitative estimate of drug-likeness (QED) is 0.479. The SMILES string of the molecule is O=C([O-])c1ccnc(C2=CCOCC2)n1.[Li+]. The Kier molecular flexibility index (Phi) is 4.68. The average molecular weight is 212 g/mol. The van der Waals surface area contributed by atoms with Gasteiger partial charge in [-0.25, -0.2) is 9.97 Å². The topological polar surface area (TPSA) is 75.1 Å². The maximum atomic E-state index is 10.6. The van der Waals surface area contributed by atoms with Crippen molar-refractivity contribution in [3.63, 3.8) is 0 Å². The van der Waals surface area contributed by atoms with Crippen molar-refractivity contribution < 1.29 is 33.5 Å². The average Bonchev–Trinajstić information content (AvgIpc) is 2.30. The third kappa shape index (κ3) is 2.92. The molecule has 1 aromatic heterocycles. The van der Waals surface area contributed by atoms with Crippen molar-refractivity contribution in [3.8, 4) is 0 Å². The van der Waals surface area contributed by atoms with Gasteiger partial charge in [0.15, 0.2) is 5.82 Å². The minimum absolute atomic E-state index is 0. The van der Waals surface area contributed by atoms with Crippen molar-refractivity contribution in [2.24, 2.45) is 0 Å². The number of hydrogen-bond acceptors (Lipinski definition) is 5. The zero-order valence-electron chi connectivity index (χ0n) is 8.97. The van der Waals surface area contributed by atoms with E-state index in [1.165, 1.54) is 12.3 Å². The van der Waals surface area contributed by atoms with E-state index in [4.69, 9.17) is 4.74 Å². The molecule has 1 aliphatic heterocycles. The van der Waals surface area contributed by atoms with Crippen molar-refractivity contribution >= 4 is 11.5 Å². The number of aromatic nitrogens is 2. The van der Waals surface area contributed by atoms with E-state index in [9.17, 15) is 9.90 Å². The van der Waals surface area contributed by atoms with E-state index < -0.39 is 5.97 Å². The number of aromatic carboxylic acids is 1. The Morgan fingerprint density at radius 1 is 1.50 bits per heavy atom. The maximum Gasteiger partial charge on any atom is 1.00 e. The largest absolute Gasteiger partial charge is 1.00 e. The molecule has 0 spiro atoms. The Morgan fingerprint density at radius 3 is 2.94 bits per heavy atom. The molecule has 0 aliphatic carbocycles. The zero-order valence-corrected chi connectivity index (χ0v) is 8.97. The van der Waals surface area contributed by atoms with Gasteiger partial charge in [-0.3, -0.25) is 0 Å². The third-order valence-corrected chi connectivity index (χ3v) is 2.12. The van der Waals surface area contributed by atoms with Gasteiger partial charge in [0.05, 0.1) is 24.9 Å². The van der Waals surface area contributed by atoms with E-state index in [0.29, 0.717) is 25.5 Å². The molecule has 0 bridgehead atoms. The molecule has 5 nitrogen and oxygen atoms in total. The first kappa shape index (κ1) is 12.9. The first-order chi connectivity index (χ1) is 7.27. The van der Waals surface area contributed by atoms with Crippen LogP contribution in [0.4, 0.5) is 0 Å². The Bertz CT molecular complexity index is 420. The third-order valence-electron chi connectivity index (χ3n) is 2.12. The molecular weight excluding hydrogens is 203 g/mol. The van der Waals surface area contributed by atoms with Crippen LogP contribution in [0.3, 0.4) is 0 Å². The van der Waals surface area contributed by atoms with Crippen LogP contribution in [0.5, 0.6) is 0 Å². The predicted octanol–water partition coefficient (Wildman–Crippen LogP) is -3.35. The summed E-state index contributed by atoms with van der Waals surface area (Å²) in [5.41, 5.74) is 0.830. The number of carboxylic acid groups (broad SMARTS) is 1. The van der Waals surface area contributed by atoms with Crippen molar-refractivity contribution in [2.45, 2.75) is 6.42 Å². The summed E-state index contributed by atoms with van der Waals surface area (Å²) in [5.74, 6) is -0.841. The van der Waals surface area contributed by atoms with Crippen LogP contribution >= 0.6 is 0 Å². The summed E-state index contributed by atoms with van der Waals surface area (Å²) in [4.78, 5) is 18.5. The number of carbonyl (C=O) groups is 1. The summed E-state index contributed by atoms with van der Waals surface area (Å²) in [7, 11) is 0. The summed E-state index contributed by atoms with van der Waals surface area (Å²) >= 11 is 0. The van der Waals surface area contributed by atoms with Gasteiger partial charge in [0.2, 0.25) is 0 Å². The van der Waals surface area contributed by atoms with E-state index in [2.05, 4.69) is 9.97 Å². The fourth-order valence-corrected chi connectivity index (χ4v) is 1.36. The molecule has 0 saturated heterocycles. The van der Waals surface area contributed by atoms with Gasteiger partial charge in [0.25, 0.3) is 0 Å². The van der Waals surface area contributed by atoms with Crippen molar-refractivity contribution in [2.75, 3.05) is 13.2 Å². The second-order valence-electron chi connectivity index (χ2n) is 3.11. The molecule has 0 atom stereocenters. The van der Waals surface area contributed by atoms with Crippen molar-refractivity contribution in [1.29, 1.82) is 0 Å². The van der Waals surface area contributed by atoms with Gasteiger partial charge in [-0.15, -0.1) is 0 Å². The summed E-state index contributed by atoms with van der Waals surface area (Å²) in [6.07, 6.45) is 3.98. The first-order valence-corrected chi connectivity index (χ1v) is 4.59. The molecule has 16 heavy (non-hydrogen) atoms. The van der Waals surface area contributed by atoms with Crippen molar-refractivity contribution in [1.82, 2.24) is 9.97 Å². The van der Waals surface area contributed by atoms with Crippen molar-refractivity contribution in [3.05, 3.63) is 29.9 Å². The molecule has 1 aromatic rings. The standard InChI is InChI=1S/C10H10N2O3.Li/c13-10(14)8-1-4-11-9(12-8)7-2-5-15-6-3-7;/h1-2,4H,3,5-6H2,(H,13,14);/q;+1/p-1. The van der Waals surface area contributed by atoms with Gasteiger partial charge in [-0.05, 0) is 18.1 Å². The smallest absolute Gasteiger partial charge is 0.543 e. The van der Waals surface area contributed by atoms with Gasteiger partial charge in [-0.1, -0.05) is 6.08 Å². The van der Waals surface area contributed by atoms with E-state index in [1.807, 2.05) is 6.08 Å². The molecule has 1 aliphatic rings. The van der Waals surface area contributed by atoms with Crippen LogP contribution in [0, 0.1) is 0 Å². The molecule has 0 saturated carbocycles. The Hall–Kier alpha value is -1.15. The summed E-state index contributed by atoms with van der Waals surface area (Å²) in [5, 5.41) is 10.6. The molecular formula is C10H9LiN2O3. The van der Waals surface area contributed by atoms with Gasteiger partial charge >= 0.3 is 18.9 Å². The predicted molar refractivity (Wildman–Crippen MR) is 49.8 cm³/mol. The van der Waals surface area contributed by atoms with Crippen LogP contribution in [0.1, 0.15) is 22.7 Å². The summed E-state index contributed by atoms with van der Waals surface area (Å²) in [6.45, 7) is 1.14. The Labute approximate surface area is 105 Å². The second-order valence-corrected chi connectivity index (χ2v) is 3.11. The zero-order chi connectivity index (χ0) is 10.7. The number of carbonyl (C=O) groups excluding carboxylic acids is 1. The number of ether oxygens (including phenoxy) is 1. The minimum atomic E-state index is -1.29. The number of carboxylic acids is 1. The van der Waals surface area contributed by atoms with Crippen LogP contribution in [-0.4, -0.2) is 29.2 Å². The second kappa shape index (κ2) is 5.80. The normalized spacial score (nSPS) is 14.9. The molecule has 0 unspecified atom stereocenters. The van der Waals surface area contributed by atoms with E-state index in [1.54, 1.807) is 0 Å². The molecule has 0 fully saturated rings. The van der Waals surface area contributed by atoms with Crippen LogP contribution in [0.15, 0.2) is 18.3 Å². The Balaban J connectivity index is 0.00000128. The molecule has 0 aromatic carbocycles. The Morgan fingerprint density at radius 2 is 2.31 bits per heavy atom. The van der Waals surface area contributed by atoms with Crippen LogP contribution in [0.2, 0.25) is 0 Å². The molecule has 0 radical (unpaired) electrons. The fraction of sp³-hybridized carbons (Fsp3) is 0.300. The molecule has 0 amide bonds. The van der Waals surface area contributed by atoms with Crippen LogP contribution in [-0.2, 0) is 4.74 Å². The number of hydrogen-bond donors (Lipinski definition) is 0. The van der Waals surface area contributed by atoms with Gasteiger partial charge in [0.1, 0.15) is 0 Å². The number of rotatable bonds is 2. The first-order valence-electron chi connectivity index (χ1n) is 4.59. The molecule has 2 rings (SSSR count). The van der Waals surface area contributed by atoms with E-state index >= 15 is 0 Å². The summed E-state index contributed by atoms with van der Waals surface area (Å²) in [6, 6.07) is 1.32. The van der Waals surface area contributed by atoms with Crippen LogP contribution in [0.25, 0.3) is 5.57 Å². The maximum absolute atomic E-state index is 10.6. The van der Waals surface area contributed by atoms with E-state index in [-0.39, 0.29) is 24.6 Å². The monoisotopic (exact) mass is 212 g/mol. The molecule has 0 N–H and O–H groups in total. The van der Waals surface area contributed by atoms with Crippen LogP contribution < -0.4 is 24.0 Å². The fourth-order valence-electron chi connectivity index (χ4n) is 1.36. The molecule has 6 heteroatoms. The van der Waals surface area contributed by atoms with E-state index in [0.717, 1.165) is 5.57 Å².